The van der Waals surface area contributed by atoms with Crippen molar-refractivity contribution in [1.82, 2.24) is 19.9 Å². The van der Waals surface area contributed by atoms with Crippen LogP contribution in [0.4, 0.5) is 5.13 Å². The molecule has 0 bridgehead atoms. The van der Waals surface area contributed by atoms with Crippen LogP contribution in [0.2, 0.25) is 0 Å². The molecule has 0 N–H and O–H groups in total. The lowest BCUT2D eigenvalue weighted by Gasteiger charge is -2.29. The fourth-order valence-electron chi connectivity index (χ4n) is 3.68. The number of anilines is 1. The second kappa shape index (κ2) is 8.66. The van der Waals surface area contributed by atoms with E-state index in [0.29, 0.717) is 22.9 Å². The number of hydrogen-bond acceptors (Lipinski definition) is 7. The maximum atomic E-state index is 13.6. The SMILES string of the molecule is Cc1ccc2nc(N(CCN3CCOCC3)C(=O)c3cnc4ccccc4n3)sc2c1. The summed E-state index contributed by atoms with van der Waals surface area (Å²) in [6.45, 7) is 6.55. The van der Waals surface area contributed by atoms with E-state index in [4.69, 9.17) is 9.72 Å². The standard InChI is InChI=1S/C23H23N5O2S/c1-16-6-7-19-21(14-16)31-23(26-19)28(9-8-27-10-12-30-13-11-27)22(29)20-15-24-17-4-2-3-5-18(17)25-20/h2-7,14-15H,8-13H2,1H3. The molecular formula is C23H23N5O2S. The van der Waals surface area contributed by atoms with Gasteiger partial charge >= 0.3 is 0 Å². The highest BCUT2D eigenvalue weighted by molar-refractivity contribution is 7.22. The number of aryl methyl sites for hydroxylation is 1. The fourth-order valence-corrected chi connectivity index (χ4v) is 4.77. The van der Waals surface area contributed by atoms with E-state index in [1.54, 1.807) is 11.1 Å². The van der Waals surface area contributed by atoms with Crippen LogP contribution in [0.3, 0.4) is 0 Å². The summed E-state index contributed by atoms with van der Waals surface area (Å²) in [6.07, 6.45) is 1.56. The molecule has 7 nitrogen and oxygen atoms in total. The third-order valence-electron chi connectivity index (χ3n) is 5.42. The molecule has 0 saturated carbocycles. The molecule has 5 rings (SSSR count). The van der Waals surface area contributed by atoms with Crippen LogP contribution >= 0.6 is 11.3 Å². The lowest BCUT2D eigenvalue weighted by molar-refractivity contribution is 0.0391. The summed E-state index contributed by atoms with van der Waals surface area (Å²) >= 11 is 1.54. The van der Waals surface area contributed by atoms with Crippen LogP contribution in [-0.4, -0.2) is 65.2 Å². The van der Waals surface area contributed by atoms with E-state index in [1.807, 2.05) is 36.4 Å². The summed E-state index contributed by atoms with van der Waals surface area (Å²) in [7, 11) is 0. The van der Waals surface area contributed by atoms with E-state index in [9.17, 15) is 4.79 Å². The average molecular weight is 434 g/mol. The Morgan fingerprint density at radius 1 is 1.10 bits per heavy atom. The minimum Gasteiger partial charge on any atom is -0.379 e. The summed E-state index contributed by atoms with van der Waals surface area (Å²) < 4.78 is 6.52. The Balaban J connectivity index is 1.48. The van der Waals surface area contributed by atoms with Crippen molar-refractivity contribution in [1.29, 1.82) is 0 Å². The van der Waals surface area contributed by atoms with Crippen molar-refractivity contribution in [3.8, 4) is 0 Å². The number of carbonyl (C=O) groups excluding carboxylic acids is 1. The van der Waals surface area contributed by atoms with Crippen molar-refractivity contribution < 1.29 is 9.53 Å². The number of hydrogen-bond donors (Lipinski definition) is 0. The van der Waals surface area contributed by atoms with Crippen LogP contribution in [0.25, 0.3) is 21.3 Å². The van der Waals surface area contributed by atoms with Gasteiger partial charge in [-0.2, -0.15) is 0 Å². The highest BCUT2D eigenvalue weighted by atomic mass is 32.1. The van der Waals surface area contributed by atoms with E-state index in [-0.39, 0.29) is 5.91 Å². The van der Waals surface area contributed by atoms with Crippen LogP contribution in [0, 0.1) is 6.92 Å². The van der Waals surface area contributed by atoms with Gasteiger partial charge in [0.05, 0.1) is 40.7 Å². The predicted molar refractivity (Wildman–Crippen MR) is 123 cm³/mol. The normalized spacial score (nSPS) is 14.9. The van der Waals surface area contributed by atoms with Crippen molar-refractivity contribution in [2.45, 2.75) is 6.92 Å². The van der Waals surface area contributed by atoms with Gasteiger partial charge in [0.15, 0.2) is 5.13 Å². The van der Waals surface area contributed by atoms with Crippen LogP contribution in [-0.2, 0) is 4.74 Å². The number of aromatic nitrogens is 3. The number of rotatable bonds is 5. The molecule has 31 heavy (non-hydrogen) atoms. The average Bonchev–Trinajstić information content (AvgIpc) is 3.22. The third-order valence-corrected chi connectivity index (χ3v) is 6.46. The zero-order valence-electron chi connectivity index (χ0n) is 17.3. The Hall–Kier alpha value is -2.94. The van der Waals surface area contributed by atoms with Gasteiger partial charge in [-0.05, 0) is 36.8 Å². The number of para-hydroxylation sites is 2. The second-order valence-corrected chi connectivity index (χ2v) is 8.63. The number of amides is 1. The molecule has 3 heterocycles. The summed E-state index contributed by atoms with van der Waals surface area (Å²) in [4.78, 5) is 31.4. The van der Waals surface area contributed by atoms with Gasteiger partial charge in [0.2, 0.25) is 0 Å². The van der Waals surface area contributed by atoms with Gasteiger partial charge in [0, 0.05) is 26.2 Å². The van der Waals surface area contributed by atoms with E-state index in [0.717, 1.165) is 48.6 Å². The van der Waals surface area contributed by atoms with Gasteiger partial charge in [-0.25, -0.2) is 9.97 Å². The first-order valence-electron chi connectivity index (χ1n) is 10.4. The molecule has 2 aromatic carbocycles. The molecule has 1 saturated heterocycles. The predicted octanol–water partition coefficient (Wildman–Crippen LogP) is 3.53. The number of carbonyl (C=O) groups is 1. The molecule has 158 valence electrons. The number of ether oxygens (including phenoxy) is 1. The largest absolute Gasteiger partial charge is 0.379 e. The number of thiazole rings is 1. The number of fused-ring (bicyclic) bond motifs is 2. The summed E-state index contributed by atoms with van der Waals surface area (Å²) in [5.74, 6) is -0.178. The molecule has 1 aliphatic rings. The van der Waals surface area contributed by atoms with E-state index >= 15 is 0 Å². The maximum absolute atomic E-state index is 13.6. The Morgan fingerprint density at radius 3 is 2.74 bits per heavy atom. The minimum atomic E-state index is -0.178. The number of morpholine rings is 1. The first kappa shape index (κ1) is 20.0. The topological polar surface area (TPSA) is 71.5 Å². The molecule has 1 aliphatic heterocycles. The molecule has 0 atom stereocenters. The Bertz CT molecular complexity index is 1240. The molecule has 4 aromatic rings. The van der Waals surface area contributed by atoms with Gasteiger partial charge < -0.3 is 4.74 Å². The molecule has 0 radical (unpaired) electrons. The van der Waals surface area contributed by atoms with Crippen molar-refractivity contribution in [2.75, 3.05) is 44.3 Å². The van der Waals surface area contributed by atoms with E-state index in [1.165, 1.54) is 16.9 Å². The van der Waals surface area contributed by atoms with Crippen LogP contribution in [0.5, 0.6) is 0 Å². The molecule has 1 fully saturated rings. The lowest BCUT2D eigenvalue weighted by atomic mass is 10.2. The van der Waals surface area contributed by atoms with Crippen LogP contribution < -0.4 is 4.90 Å². The molecule has 1 amide bonds. The Morgan fingerprint density at radius 2 is 1.90 bits per heavy atom. The highest BCUT2D eigenvalue weighted by Gasteiger charge is 2.24. The van der Waals surface area contributed by atoms with E-state index < -0.39 is 0 Å². The van der Waals surface area contributed by atoms with Crippen LogP contribution in [0.1, 0.15) is 16.1 Å². The Labute approximate surface area is 184 Å². The first-order valence-corrected chi connectivity index (χ1v) is 11.2. The smallest absolute Gasteiger partial charge is 0.280 e. The molecule has 0 aliphatic carbocycles. The second-order valence-electron chi connectivity index (χ2n) is 7.62. The quantitative estimate of drug-likeness (QED) is 0.480. The zero-order valence-corrected chi connectivity index (χ0v) is 18.1. The molecule has 8 heteroatoms. The van der Waals surface area contributed by atoms with Gasteiger partial charge in [-0.1, -0.05) is 29.5 Å². The van der Waals surface area contributed by atoms with Gasteiger partial charge in [0.25, 0.3) is 5.91 Å². The maximum Gasteiger partial charge on any atom is 0.280 e. The number of benzene rings is 2. The summed E-state index contributed by atoms with van der Waals surface area (Å²) in [5.41, 5.74) is 3.89. The van der Waals surface area contributed by atoms with Crippen molar-refractivity contribution >= 4 is 43.6 Å². The molecule has 2 aromatic heterocycles. The summed E-state index contributed by atoms with van der Waals surface area (Å²) in [5, 5.41) is 0.689. The van der Waals surface area contributed by atoms with E-state index in [2.05, 4.69) is 27.9 Å². The minimum absolute atomic E-state index is 0.178. The van der Waals surface area contributed by atoms with Crippen molar-refractivity contribution in [3.05, 3.63) is 59.9 Å². The van der Waals surface area contributed by atoms with Gasteiger partial charge in [0.1, 0.15) is 5.69 Å². The van der Waals surface area contributed by atoms with Crippen molar-refractivity contribution in [2.24, 2.45) is 0 Å². The first-order chi connectivity index (χ1) is 15.2. The van der Waals surface area contributed by atoms with Gasteiger partial charge in [-0.15, -0.1) is 0 Å². The monoisotopic (exact) mass is 433 g/mol. The summed E-state index contributed by atoms with van der Waals surface area (Å²) in [6, 6.07) is 13.7. The molecular weight excluding hydrogens is 410 g/mol. The fraction of sp³-hybridized carbons (Fsp3) is 0.304. The highest BCUT2D eigenvalue weighted by Crippen LogP contribution is 2.30. The molecule has 0 spiro atoms. The Kier molecular flexibility index (Phi) is 5.59. The molecule has 0 unspecified atom stereocenters. The lowest BCUT2D eigenvalue weighted by Crippen LogP contribution is -2.43. The van der Waals surface area contributed by atoms with Gasteiger partial charge in [-0.3, -0.25) is 19.6 Å². The zero-order chi connectivity index (χ0) is 21.2. The third kappa shape index (κ3) is 4.27. The number of nitrogens with zero attached hydrogens (tertiary/aromatic N) is 5. The van der Waals surface area contributed by atoms with Crippen molar-refractivity contribution in [3.63, 3.8) is 0 Å². The van der Waals surface area contributed by atoms with Crippen LogP contribution in [0.15, 0.2) is 48.7 Å².